The molecule has 6 nitrogen and oxygen atoms in total. The van der Waals surface area contributed by atoms with Gasteiger partial charge in [-0.2, -0.15) is 0 Å². The summed E-state index contributed by atoms with van der Waals surface area (Å²) in [5, 5.41) is 13.7. The molecule has 0 saturated carbocycles. The molecule has 0 aliphatic carbocycles. The molecule has 8 heteroatoms. The Morgan fingerprint density at radius 3 is 2.75 bits per heavy atom. The quantitative estimate of drug-likeness (QED) is 0.672. The van der Waals surface area contributed by atoms with E-state index in [-0.39, 0.29) is 17.1 Å². The molecule has 0 bridgehead atoms. The lowest BCUT2D eigenvalue weighted by Gasteiger charge is -2.06. The Kier molecular flexibility index (Phi) is 4.31. The highest BCUT2D eigenvalue weighted by Gasteiger charge is 2.17. The maximum absolute atomic E-state index is 12.0. The van der Waals surface area contributed by atoms with Crippen LogP contribution in [0.5, 0.6) is 0 Å². The second-order valence-corrected chi connectivity index (χ2v) is 5.08. The third-order valence-electron chi connectivity index (χ3n) is 2.36. The number of amides is 1. The molecule has 0 fully saturated rings. The van der Waals surface area contributed by atoms with Crippen LogP contribution in [-0.2, 0) is 0 Å². The highest BCUT2D eigenvalue weighted by molar-refractivity contribution is 9.10. The highest BCUT2D eigenvalue weighted by Crippen LogP contribution is 2.28. The van der Waals surface area contributed by atoms with Crippen LogP contribution in [0, 0.1) is 10.1 Å². The van der Waals surface area contributed by atoms with Crippen LogP contribution in [-0.4, -0.2) is 15.8 Å². The second kappa shape index (κ2) is 5.98. The number of nitro groups is 1. The number of nitrogens with one attached hydrogen (secondary N) is 1. The van der Waals surface area contributed by atoms with Gasteiger partial charge in [0.05, 0.1) is 4.92 Å². The standard InChI is InChI=1S/C12H7BrClN3O3/c13-7-1-2-9(11(5-7)17(19)20)16-12(18)10-6-8(14)3-4-15-10/h1-6H,(H,16,18). The molecule has 1 aromatic heterocycles. The summed E-state index contributed by atoms with van der Waals surface area (Å²) in [5.41, 5.74) is -0.0468. The van der Waals surface area contributed by atoms with Crippen LogP contribution in [0.1, 0.15) is 10.5 Å². The van der Waals surface area contributed by atoms with E-state index in [0.29, 0.717) is 9.50 Å². The van der Waals surface area contributed by atoms with E-state index < -0.39 is 10.8 Å². The van der Waals surface area contributed by atoms with Crippen molar-refractivity contribution in [1.82, 2.24) is 4.98 Å². The zero-order chi connectivity index (χ0) is 14.7. The van der Waals surface area contributed by atoms with Gasteiger partial charge in [0.25, 0.3) is 11.6 Å². The van der Waals surface area contributed by atoms with Gasteiger partial charge in [-0.3, -0.25) is 19.9 Å². The minimum Gasteiger partial charge on any atom is -0.315 e. The van der Waals surface area contributed by atoms with Gasteiger partial charge in [0, 0.05) is 21.8 Å². The summed E-state index contributed by atoms with van der Waals surface area (Å²) in [6.45, 7) is 0. The topological polar surface area (TPSA) is 85.1 Å². The van der Waals surface area contributed by atoms with E-state index in [1.807, 2.05) is 0 Å². The number of halogens is 2. The van der Waals surface area contributed by atoms with E-state index in [1.54, 1.807) is 6.07 Å². The molecule has 0 aliphatic rings. The van der Waals surface area contributed by atoms with E-state index in [0.717, 1.165) is 0 Å². The third-order valence-corrected chi connectivity index (χ3v) is 3.09. The summed E-state index contributed by atoms with van der Waals surface area (Å²) in [5.74, 6) is -0.571. The summed E-state index contributed by atoms with van der Waals surface area (Å²) in [6.07, 6.45) is 1.38. The van der Waals surface area contributed by atoms with E-state index in [2.05, 4.69) is 26.2 Å². The SMILES string of the molecule is O=C(Nc1ccc(Br)cc1[N+](=O)[O-])c1cc(Cl)ccn1. The zero-order valence-corrected chi connectivity index (χ0v) is 12.2. The Morgan fingerprint density at radius 1 is 1.35 bits per heavy atom. The van der Waals surface area contributed by atoms with Crippen molar-refractivity contribution < 1.29 is 9.72 Å². The van der Waals surface area contributed by atoms with Gasteiger partial charge in [0.2, 0.25) is 0 Å². The van der Waals surface area contributed by atoms with Crippen molar-refractivity contribution in [3.63, 3.8) is 0 Å². The number of hydrogen-bond acceptors (Lipinski definition) is 4. The minimum atomic E-state index is -0.578. The smallest absolute Gasteiger partial charge is 0.293 e. The van der Waals surface area contributed by atoms with Crippen molar-refractivity contribution in [1.29, 1.82) is 0 Å². The molecule has 1 N–H and O–H groups in total. The summed E-state index contributed by atoms with van der Waals surface area (Å²) < 4.78 is 0.545. The molecular formula is C12H7BrClN3O3. The van der Waals surface area contributed by atoms with E-state index in [1.165, 1.54) is 30.5 Å². The van der Waals surface area contributed by atoms with Crippen LogP contribution in [0.2, 0.25) is 5.02 Å². The maximum Gasteiger partial charge on any atom is 0.293 e. The number of carbonyl (C=O) groups is 1. The van der Waals surface area contributed by atoms with Crippen molar-refractivity contribution in [2.24, 2.45) is 0 Å². The molecule has 0 atom stereocenters. The molecule has 0 saturated heterocycles. The third kappa shape index (κ3) is 3.31. The molecule has 2 rings (SSSR count). The second-order valence-electron chi connectivity index (χ2n) is 3.73. The van der Waals surface area contributed by atoms with Crippen LogP contribution in [0.4, 0.5) is 11.4 Å². The van der Waals surface area contributed by atoms with Gasteiger partial charge in [0.1, 0.15) is 11.4 Å². The van der Waals surface area contributed by atoms with E-state index in [9.17, 15) is 14.9 Å². The van der Waals surface area contributed by atoms with Crippen molar-refractivity contribution in [3.8, 4) is 0 Å². The van der Waals surface area contributed by atoms with Gasteiger partial charge in [-0.1, -0.05) is 27.5 Å². The van der Waals surface area contributed by atoms with Crippen LogP contribution >= 0.6 is 27.5 Å². The fourth-order valence-electron chi connectivity index (χ4n) is 1.48. The number of carbonyl (C=O) groups excluding carboxylic acids is 1. The Bertz CT molecular complexity index is 693. The van der Waals surface area contributed by atoms with Crippen molar-refractivity contribution in [2.45, 2.75) is 0 Å². The Balaban J connectivity index is 2.30. The van der Waals surface area contributed by atoms with Gasteiger partial charge < -0.3 is 5.32 Å². The maximum atomic E-state index is 12.0. The predicted molar refractivity (Wildman–Crippen MR) is 78.0 cm³/mol. The van der Waals surface area contributed by atoms with Gasteiger partial charge in [-0.25, -0.2) is 0 Å². The molecule has 0 radical (unpaired) electrons. The average Bonchev–Trinajstić information content (AvgIpc) is 2.40. The number of anilines is 1. The van der Waals surface area contributed by atoms with Crippen molar-refractivity contribution in [2.75, 3.05) is 5.32 Å². The molecule has 1 heterocycles. The largest absolute Gasteiger partial charge is 0.315 e. The normalized spacial score (nSPS) is 10.1. The highest BCUT2D eigenvalue weighted by atomic mass is 79.9. The van der Waals surface area contributed by atoms with Crippen molar-refractivity contribution >= 4 is 44.8 Å². The summed E-state index contributed by atoms with van der Waals surface area (Å²) in [7, 11) is 0. The molecule has 2 aromatic rings. The number of rotatable bonds is 3. The fourth-order valence-corrected chi connectivity index (χ4v) is 1.99. The van der Waals surface area contributed by atoms with Crippen LogP contribution in [0.15, 0.2) is 41.0 Å². The van der Waals surface area contributed by atoms with Gasteiger partial charge in [-0.05, 0) is 24.3 Å². The first kappa shape index (κ1) is 14.4. The predicted octanol–water partition coefficient (Wildman–Crippen LogP) is 3.66. The number of pyridine rings is 1. The number of aromatic nitrogens is 1. The zero-order valence-electron chi connectivity index (χ0n) is 9.84. The number of nitrogens with zero attached hydrogens (tertiary/aromatic N) is 2. The number of nitro benzene ring substituents is 1. The Labute approximate surface area is 127 Å². The molecular weight excluding hydrogens is 350 g/mol. The molecule has 20 heavy (non-hydrogen) atoms. The van der Waals surface area contributed by atoms with Gasteiger partial charge in [0.15, 0.2) is 0 Å². The van der Waals surface area contributed by atoms with Crippen LogP contribution in [0.25, 0.3) is 0 Å². The number of hydrogen-bond donors (Lipinski definition) is 1. The molecule has 102 valence electrons. The molecule has 0 aliphatic heterocycles. The summed E-state index contributed by atoms with van der Waals surface area (Å²) in [4.78, 5) is 26.2. The lowest BCUT2D eigenvalue weighted by atomic mass is 10.2. The minimum absolute atomic E-state index is 0.0784. The van der Waals surface area contributed by atoms with Gasteiger partial charge >= 0.3 is 0 Å². The van der Waals surface area contributed by atoms with E-state index >= 15 is 0 Å². The lowest BCUT2D eigenvalue weighted by Crippen LogP contribution is -2.14. The first-order chi connectivity index (χ1) is 9.47. The van der Waals surface area contributed by atoms with Crippen LogP contribution < -0.4 is 5.32 Å². The van der Waals surface area contributed by atoms with Crippen molar-refractivity contribution in [3.05, 3.63) is 61.8 Å². The average molecular weight is 357 g/mol. The molecule has 0 unspecified atom stereocenters. The first-order valence-corrected chi connectivity index (χ1v) is 6.51. The molecule has 1 aromatic carbocycles. The fraction of sp³-hybridized carbons (Fsp3) is 0. The summed E-state index contributed by atoms with van der Waals surface area (Å²) >= 11 is 8.90. The van der Waals surface area contributed by atoms with E-state index in [4.69, 9.17) is 11.6 Å². The van der Waals surface area contributed by atoms with Gasteiger partial charge in [-0.15, -0.1) is 0 Å². The monoisotopic (exact) mass is 355 g/mol. The Hall–Kier alpha value is -1.99. The molecule has 0 spiro atoms. The summed E-state index contributed by atoms with van der Waals surface area (Å²) in [6, 6.07) is 7.24. The molecule has 1 amide bonds. The Morgan fingerprint density at radius 2 is 2.10 bits per heavy atom. The lowest BCUT2D eigenvalue weighted by molar-refractivity contribution is -0.384. The van der Waals surface area contributed by atoms with Crippen LogP contribution in [0.3, 0.4) is 0 Å². The first-order valence-electron chi connectivity index (χ1n) is 5.34. The number of benzene rings is 1.